The van der Waals surface area contributed by atoms with Crippen LogP contribution in [0.4, 0.5) is 11.6 Å². The lowest BCUT2D eigenvalue weighted by atomic mass is 9.95. The number of hydrogen-bond acceptors (Lipinski definition) is 16. The number of nitrogen functional groups attached to an aromatic ring is 1. The molecule has 4 heterocycles. The number of fused-ring (bicyclic) bond motifs is 3. The fourth-order valence-corrected chi connectivity index (χ4v) is 11.9. The van der Waals surface area contributed by atoms with Crippen molar-refractivity contribution >= 4 is 78.9 Å². The van der Waals surface area contributed by atoms with Crippen LogP contribution in [0.2, 0.25) is 0 Å². The van der Waals surface area contributed by atoms with E-state index in [4.69, 9.17) is 40.2 Å². The molecule has 0 bridgehead atoms. The van der Waals surface area contributed by atoms with Crippen LogP contribution < -0.4 is 47.5 Å². The van der Waals surface area contributed by atoms with Crippen molar-refractivity contribution < 1.29 is 42.2 Å². The Hall–Kier alpha value is -6.57. The van der Waals surface area contributed by atoms with Gasteiger partial charge in [0.2, 0.25) is 17.8 Å². The maximum atomic E-state index is 14.0. The molecule has 6 aromatic rings. The lowest BCUT2D eigenvalue weighted by Crippen LogP contribution is -2.34. The Bertz CT molecular complexity index is 3160. The highest BCUT2D eigenvalue weighted by Crippen LogP contribution is 2.54. The van der Waals surface area contributed by atoms with Crippen molar-refractivity contribution in [2.24, 2.45) is 17.2 Å². The van der Waals surface area contributed by atoms with Gasteiger partial charge in [-0.3, -0.25) is 34.0 Å². The van der Waals surface area contributed by atoms with Crippen LogP contribution in [-0.2, 0) is 40.2 Å². The molecule has 0 spiro atoms. The van der Waals surface area contributed by atoms with Crippen molar-refractivity contribution in [3.63, 3.8) is 0 Å². The number of ether oxygens (including phenoxy) is 3. The van der Waals surface area contributed by atoms with Gasteiger partial charge in [-0.2, -0.15) is 4.98 Å². The lowest BCUT2D eigenvalue weighted by molar-refractivity contribution is -0.122. The van der Waals surface area contributed by atoms with E-state index in [2.05, 4.69) is 25.6 Å². The van der Waals surface area contributed by atoms with E-state index in [9.17, 15) is 23.7 Å². The summed E-state index contributed by atoms with van der Waals surface area (Å²) in [5.41, 5.74) is 24.4. The molecular weight excluding hydrogens is 1050 g/mol. The minimum atomic E-state index is -3.59. The van der Waals surface area contributed by atoms with Gasteiger partial charge in [0.15, 0.2) is 11.2 Å². The van der Waals surface area contributed by atoms with Gasteiger partial charge in [-0.05, 0) is 110 Å². The minimum absolute atomic E-state index is 0.00558. The average molecular weight is 1120 g/mol. The molecule has 414 valence electrons. The number of unbranched alkanes of at least 4 members (excludes halogenated alkanes) is 4. The number of hydrogen-bond donors (Lipinski definition) is 6. The van der Waals surface area contributed by atoms with Gasteiger partial charge in [-0.15, -0.1) is 0 Å². The van der Waals surface area contributed by atoms with Gasteiger partial charge in [0.1, 0.15) is 24.3 Å². The number of rotatable bonds is 27. The summed E-state index contributed by atoms with van der Waals surface area (Å²) < 4.78 is 43.9. The van der Waals surface area contributed by atoms with E-state index in [1.54, 1.807) is 53.1 Å². The number of amides is 2. The van der Waals surface area contributed by atoms with E-state index >= 15 is 0 Å². The van der Waals surface area contributed by atoms with Gasteiger partial charge in [-0.1, -0.05) is 74.4 Å². The van der Waals surface area contributed by atoms with Gasteiger partial charge < -0.3 is 50.3 Å². The van der Waals surface area contributed by atoms with Crippen molar-refractivity contribution in [2.75, 3.05) is 50.2 Å². The molecule has 0 saturated carbocycles. The molecule has 2 amide bonds. The lowest BCUT2D eigenvalue weighted by Gasteiger charge is -2.30. The van der Waals surface area contributed by atoms with Crippen molar-refractivity contribution in [2.45, 2.75) is 89.3 Å². The normalized spacial score (nSPS) is 18.0. The number of imidazole rings is 1. The fourth-order valence-electron chi connectivity index (χ4n) is 9.19. The Labute approximate surface area is 459 Å². The van der Waals surface area contributed by atoms with Crippen LogP contribution in [0.25, 0.3) is 22.6 Å². The number of benzene rings is 4. The van der Waals surface area contributed by atoms with Crippen LogP contribution in [0.1, 0.15) is 104 Å². The summed E-state index contributed by atoms with van der Waals surface area (Å²) in [5.74, 6) is 0.543. The first-order chi connectivity index (χ1) is 37.8. The molecule has 20 nitrogen and oxygen atoms in total. The first-order valence-electron chi connectivity index (χ1n) is 26.1. The molecule has 2 aliphatic rings. The molecular formula is C55H68N10O10P2S. The van der Waals surface area contributed by atoms with Crippen molar-refractivity contribution in [3.8, 4) is 11.5 Å². The van der Waals surface area contributed by atoms with Crippen LogP contribution >= 0.6 is 26.9 Å². The summed E-state index contributed by atoms with van der Waals surface area (Å²) in [4.78, 5) is 64.6. The quantitative estimate of drug-likeness (QED) is 0.0122. The SMILES string of the molecule is CPOCCCCCCNC(=O)CCCCC(=O)N1Cc2ccccc2/C(N)=C(/NCCOc2ccc(C(=O)Oc3ccc(CSP(N)(=O)OC[C@H]4O[C@@H](n5cnc6c(=O)[nH]c(N)nc65)C[C@@H]4C)cc3)cc2)c2ccccc21. The average Bonchev–Trinajstić information content (AvgIpc) is 4.13. The molecule has 2 unspecified atom stereocenters. The van der Waals surface area contributed by atoms with Crippen LogP contribution in [-0.4, -0.2) is 83.0 Å². The molecule has 78 heavy (non-hydrogen) atoms. The first kappa shape index (κ1) is 57.6. The number of H-pyrrole nitrogens is 1. The summed E-state index contributed by atoms with van der Waals surface area (Å²) in [5, 5.41) is 6.51. The second-order valence-corrected chi connectivity index (χ2v) is 23.9. The van der Waals surface area contributed by atoms with Crippen molar-refractivity contribution in [1.29, 1.82) is 0 Å². The molecule has 4 aromatic carbocycles. The first-order valence-corrected chi connectivity index (χ1v) is 30.8. The van der Waals surface area contributed by atoms with E-state index in [1.807, 2.05) is 67.0 Å². The predicted molar refractivity (Wildman–Crippen MR) is 306 cm³/mol. The number of nitrogens with one attached hydrogen (secondary N) is 3. The highest BCUT2D eigenvalue weighted by molar-refractivity contribution is 8.55. The maximum absolute atomic E-state index is 14.0. The molecule has 9 N–H and O–H groups in total. The molecule has 8 rings (SSSR count). The molecule has 0 aliphatic carbocycles. The second-order valence-electron chi connectivity index (χ2n) is 19.0. The van der Waals surface area contributed by atoms with Crippen molar-refractivity contribution in [1.82, 2.24) is 30.2 Å². The van der Waals surface area contributed by atoms with Crippen LogP contribution in [0, 0.1) is 5.92 Å². The number of esters is 1. The summed E-state index contributed by atoms with van der Waals surface area (Å²) in [6.07, 6.45) is 7.13. The third kappa shape index (κ3) is 15.6. The van der Waals surface area contributed by atoms with Gasteiger partial charge in [0, 0.05) is 51.6 Å². The Morgan fingerprint density at radius 1 is 0.885 bits per heavy atom. The second kappa shape index (κ2) is 27.8. The van der Waals surface area contributed by atoms with Gasteiger partial charge in [-0.25, -0.2) is 9.78 Å². The highest BCUT2D eigenvalue weighted by atomic mass is 32.7. The monoisotopic (exact) mass is 1120 g/mol. The molecule has 2 aromatic heterocycles. The Kier molecular flexibility index (Phi) is 20.6. The van der Waals surface area contributed by atoms with E-state index < -0.39 is 30.6 Å². The standard InChI is InChI=1S/C55H68N10O10P2S/c1-36-31-48(65-35-61-51-52(65)62-55(57)63-53(51)68)75-45(36)33-73-77(58,70)78-34-37-19-23-41(24-20-37)74-54(69)38-21-25-40(26-22-38)71-30-28-60-50-43-15-7-8-16-44(43)64(32-39-13-5-6-14-42(39)49(50)56)47(67)18-10-9-17-46(66)59-27-11-3-4-12-29-72-76-2/h5-8,13-16,19-26,35-36,45,48,60,76H,3-4,9-12,17-18,27-34,56H2,1-2H3,(H2,58,70)(H,59,66)(H3,57,62,63,68)/b50-49-/t36-,45+,48+,77?/m0/s1. The number of aromatic amines is 1. The molecule has 0 radical (unpaired) electrons. The number of aromatic nitrogens is 4. The Balaban J connectivity index is 0.773. The zero-order valence-electron chi connectivity index (χ0n) is 43.8. The summed E-state index contributed by atoms with van der Waals surface area (Å²) in [6.45, 7) is 2.82. The third-order valence-corrected chi connectivity index (χ3v) is 17.0. The molecule has 5 atom stereocenters. The zero-order chi connectivity index (χ0) is 55.0. The van der Waals surface area contributed by atoms with Crippen LogP contribution in [0.15, 0.2) is 108 Å². The van der Waals surface area contributed by atoms with E-state index in [0.717, 1.165) is 71.6 Å². The number of carbonyl (C=O) groups is 3. The number of carbonyl (C=O) groups excluding carboxylic acids is 3. The number of anilines is 2. The molecule has 23 heteroatoms. The fraction of sp³-hybridized carbons (Fsp3) is 0.382. The smallest absolute Gasteiger partial charge is 0.343 e. The Morgan fingerprint density at radius 2 is 1.62 bits per heavy atom. The number of para-hydroxylation sites is 1. The summed E-state index contributed by atoms with van der Waals surface area (Å²) >= 11 is 0.980. The van der Waals surface area contributed by atoms with Crippen LogP contribution in [0.5, 0.6) is 11.5 Å². The minimum Gasteiger partial charge on any atom is -0.492 e. The van der Waals surface area contributed by atoms with Gasteiger partial charge in [0.05, 0.1) is 54.8 Å². The maximum Gasteiger partial charge on any atom is 0.343 e. The molecule has 1 saturated heterocycles. The van der Waals surface area contributed by atoms with Crippen LogP contribution in [0.3, 0.4) is 0 Å². The summed E-state index contributed by atoms with van der Waals surface area (Å²) in [7, 11) is 0.521. The molecule has 2 aliphatic heterocycles. The van der Waals surface area contributed by atoms with Gasteiger partial charge >= 0.3 is 12.7 Å². The highest BCUT2D eigenvalue weighted by Gasteiger charge is 2.36. The number of nitrogens with two attached hydrogens (primary N) is 3. The van der Waals surface area contributed by atoms with E-state index in [1.165, 1.54) is 6.33 Å². The number of nitrogens with zero attached hydrogens (tertiary/aromatic N) is 4. The third-order valence-electron chi connectivity index (χ3n) is 13.4. The topological polar surface area (TPSA) is 283 Å². The molecule has 1 fully saturated rings. The van der Waals surface area contributed by atoms with Gasteiger partial charge in [0.25, 0.3) is 5.56 Å². The Morgan fingerprint density at radius 3 is 2.41 bits per heavy atom. The predicted octanol–water partition coefficient (Wildman–Crippen LogP) is 8.64. The van der Waals surface area contributed by atoms with Crippen molar-refractivity contribution in [3.05, 3.63) is 142 Å². The largest absolute Gasteiger partial charge is 0.492 e. The zero-order valence-corrected chi connectivity index (χ0v) is 46.5. The van der Waals surface area contributed by atoms with E-state index in [-0.39, 0.29) is 48.2 Å². The summed E-state index contributed by atoms with van der Waals surface area (Å²) in [6, 6.07) is 29.0. The van der Waals surface area contributed by atoms with E-state index in [0.29, 0.717) is 94.6 Å².